The van der Waals surface area contributed by atoms with Gasteiger partial charge in [-0.2, -0.15) is 0 Å². The van der Waals surface area contributed by atoms with Crippen molar-refractivity contribution in [2.45, 2.75) is 7.43 Å². The predicted molar refractivity (Wildman–Crippen MR) is 109 cm³/mol. The van der Waals surface area contributed by atoms with Crippen LogP contribution in [0.2, 0.25) is 0 Å². The van der Waals surface area contributed by atoms with E-state index >= 15 is 0 Å². The molecule has 1 N–H and O–H groups in total. The van der Waals surface area contributed by atoms with Crippen molar-refractivity contribution in [2.24, 2.45) is 0 Å². The van der Waals surface area contributed by atoms with Gasteiger partial charge in [0.1, 0.15) is 22.6 Å². The maximum absolute atomic E-state index is 11.4. The number of carbonyl (C=O) groups is 2. The summed E-state index contributed by atoms with van der Waals surface area (Å²) >= 11 is 0. The molecule has 3 rings (SSSR count). The number of aromatic hydroxyl groups is 1. The number of benzene rings is 2. The second kappa shape index (κ2) is 11.2. The molecule has 1 aliphatic rings. The van der Waals surface area contributed by atoms with E-state index in [1.807, 2.05) is 18.2 Å². The van der Waals surface area contributed by atoms with Crippen molar-refractivity contribution >= 4 is 23.1 Å². The molecule has 7 heteroatoms. The fraction of sp³-hybridized carbons (Fsp3) is 0.182. The molecule has 1 aliphatic heterocycles. The number of fused-ring (bicyclic) bond motifs is 1. The predicted octanol–water partition coefficient (Wildman–Crippen LogP) is 3.78. The van der Waals surface area contributed by atoms with Gasteiger partial charge in [0, 0.05) is 11.1 Å². The van der Waals surface area contributed by atoms with E-state index in [2.05, 4.69) is 4.74 Å². The highest BCUT2D eigenvalue weighted by Gasteiger charge is 2.26. The number of hydrogen-bond acceptors (Lipinski definition) is 7. The van der Waals surface area contributed by atoms with E-state index < -0.39 is 5.97 Å². The molecule has 0 atom stereocenters. The molecule has 0 unspecified atom stereocenters. The monoisotopic (exact) mass is 400 g/mol. The van der Waals surface area contributed by atoms with Gasteiger partial charge in [-0.05, 0) is 12.1 Å². The van der Waals surface area contributed by atoms with Crippen molar-refractivity contribution in [1.29, 1.82) is 0 Å². The van der Waals surface area contributed by atoms with Crippen LogP contribution in [0.4, 0.5) is 0 Å². The molecular weight excluding hydrogens is 376 g/mol. The molecule has 7 nitrogen and oxygen atoms in total. The van der Waals surface area contributed by atoms with Gasteiger partial charge >= 0.3 is 11.9 Å². The van der Waals surface area contributed by atoms with Gasteiger partial charge in [-0.15, -0.1) is 0 Å². The summed E-state index contributed by atoms with van der Waals surface area (Å²) in [5.41, 5.74) is 1.82. The fourth-order valence-electron chi connectivity index (χ4n) is 2.42. The zero-order chi connectivity index (χ0) is 20.5. The Kier molecular flexibility index (Phi) is 8.98. The second-order valence-corrected chi connectivity index (χ2v) is 5.43. The van der Waals surface area contributed by atoms with E-state index in [-0.39, 0.29) is 24.7 Å². The van der Waals surface area contributed by atoms with E-state index in [1.54, 1.807) is 24.3 Å². The summed E-state index contributed by atoms with van der Waals surface area (Å²) in [4.78, 5) is 22.6. The number of methoxy groups -OCH3 is 3. The number of esters is 2. The van der Waals surface area contributed by atoms with Crippen LogP contribution in [0.3, 0.4) is 0 Å². The molecule has 0 amide bonds. The molecule has 154 valence electrons. The number of phenolic OH excluding ortho intramolecular Hbond substituents is 1. The first kappa shape index (κ1) is 23.3. The molecule has 0 spiro atoms. The lowest BCUT2D eigenvalue weighted by Crippen LogP contribution is -2.04. The van der Waals surface area contributed by atoms with Crippen LogP contribution in [0.1, 0.15) is 18.6 Å². The van der Waals surface area contributed by atoms with E-state index in [1.165, 1.54) is 39.9 Å². The Morgan fingerprint density at radius 1 is 1.00 bits per heavy atom. The van der Waals surface area contributed by atoms with E-state index in [0.29, 0.717) is 16.9 Å². The second-order valence-electron chi connectivity index (χ2n) is 5.43. The summed E-state index contributed by atoms with van der Waals surface area (Å²) in [7, 11) is 4.19. The molecule has 0 radical (unpaired) electrons. The third kappa shape index (κ3) is 5.62. The molecule has 1 heterocycles. The molecular formula is C22H24O7. The van der Waals surface area contributed by atoms with Gasteiger partial charge in [0.05, 0.1) is 33.9 Å². The van der Waals surface area contributed by atoms with Crippen molar-refractivity contribution in [1.82, 2.24) is 0 Å². The average molecular weight is 400 g/mol. The van der Waals surface area contributed by atoms with Gasteiger partial charge < -0.3 is 24.1 Å². The summed E-state index contributed by atoms with van der Waals surface area (Å²) in [6.45, 7) is 0. The van der Waals surface area contributed by atoms with Gasteiger partial charge in [-0.25, -0.2) is 9.59 Å². The minimum absolute atomic E-state index is 0. The quantitative estimate of drug-likeness (QED) is 0.361. The summed E-state index contributed by atoms with van der Waals surface area (Å²) in [5.74, 6) is -0.316. The average Bonchev–Trinajstić information content (AvgIpc) is 3.02. The number of rotatable bonds is 4. The van der Waals surface area contributed by atoms with Crippen molar-refractivity contribution in [2.75, 3.05) is 21.3 Å². The van der Waals surface area contributed by atoms with Crippen molar-refractivity contribution < 1.29 is 33.6 Å². The Morgan fingerprint density at radius 2 is 1.66 bits per heavy atom. The first-order valence-corrected chi connectivity index (χ1v) is 8.17. The molecule has 0 aromatic heterocycles. The van der Waals surface area contributed by atoms with Crippen LogP contribution in [0.5, 0.6) is 11.5 Å². The van der Waals surface area contributed by atoms with Crippen molar-refractivity contribution in [3.8, 4) is 11.5 Å². The van der Waals surface area contributed by atoms with Crippen LogP contribution in [-0.4, -0.2) is 38.4 Å². The third-order valence-electron chi connectivity index (χ3n) is 3.67. The third-order valence-corrected chi connectivity index (χ3v) is 3.67. The molecule has 0 bridgehead atoms. The van der Waals surface area contributed by atoms with Crippen LogP contribution in [0.25, 0.3) is 11.1 Å². The largest absolute Gasteiger partial charge is 0.507 e. The topological polar surface area (TPSA) is 91.3 Å². The lowest BCUT2D eigenvalue weighted by Gasteiger charge is -2.06. The summed E-state index contributed by atoms with van der Waals surface area (Å²) in [5, 5.41) is 9.55. The fourth-order valence-corrected chi connectivity index (χ4v) is 2.42. The van der Waals surface area contributed by atoms with Crippen molar-refractivity contribution in [3.05, 3.63) is 72.2 Å². The molecule has 0 fully saturated rings. The van der Waals surface area contributed by atoms with Gasteiger partial charge in [0.25, 0.3) is 0 Å². The van der Waals surface area contributed by atoms with Gasteiger partial charge in [0.2, 0.25) is 0 Å². The van der Waals surface area contributed by atoms with E-state index in [9.17, 15) is 14.7 Å². The maximum atomic E-state index is 11.4. The molecule has 0 aliphatic carbocycles. The van der Waals surface area contributed by atoms with Crippen LogP contribution >= 0.6 is 0 Å². The minimum Gasteiger partial charge on any atom is -0.507 e. The maximum Gasteiger partial charge on any atom is 0.347 e. The number of ether oxygens (including phenoxy) is 4. The highest BCUT2D eigenvalue weighted by molar-refractivity contribution is 6.21. The molecule has 29 heavy (non-hydrogen) atoms. The standard InChI is InChI=1S/C11H12O4.C10H8O3.CH4/c1-14-7-9(11(13)15-2)8-5-3-4-6-10(8)12;1-12-6-8-7-4-2-3-5-9(7)13-10(8)11;/h3-7,12H,1-2H3;2-6H,1H3;1H4/b9-7-;8-6+;. The van der Waals surface area contributed by atoms with Crippen LogP contribution < -0.4 is 4.74 Å². The zero-order valence-electron chi connectivity index (χ0n) is 15.7. The Labute approximate surface area is 169 Å². The van der Waals surface area contributed by atoms with Crippen molar-refractivity contribution in [3.63, 3.8) is 0 Å². The first-order valence-electron chi connectivity index (χ1n) is 8.17. The molecule has 0 saturated carbocycles. The Hall–Kier alpha value is -3.74. The normalized spacial score (nSPS) is 13.3. The lowest BCUT2D eigenvalue weighted by molar-refractivity contribution is -0.133. The Morgan fingerprint density at radius 3 is 2.28 bits per heavy atom. The minimum atomic E-state index is -0.557. The Bertz CT molecular complexity index is 913. The van der Waals surface area contributed by atoms with E-state index in [4.69, 9.17) is 14.2 Å². The lowest BCUT2D eigenvalue weighted by atomic mass is 10.1. The number of hydrogen-bond donors (Lipinski definition) is 1. The van der Waals surface area contributed by atoms with Gasteiger partial charge in [-0.3, -0.25) is 0 Å². The highest BCUT2D eigenvalue weighted by Crippen LogP contribution is 2.33. The number of phenols is 1. The molecule has 2 aromatic rings. The summed E-state index contributed by atoms with van der Waals surface area (Å²) in [6.07, 6.45) is 2.63. The first-order chi connectivity index (χ1) is 13.5. The zero-order valence-corrected chi connectivity index (χ0v) is 15.7. The Balaban J connectivity index is 0.000000282. The highest BCUT2D eigenvalue weighted by atomic mass is 16.5. The number of carbonyl (C=O) groups excluding carboxylic acids is 2. The van der Waals surface area contributed by atoms with Crippen LogP contribution in [0.15, 0.2) is 61.1 Å². The summed E-state index contributed by atoms with van der Waals surface area (Å²) in [6, 6.07) is 13.7. The number of para-hydroxylation sites is 2. The van der Waals surface area contributed by atoms with E-state index in [0.717, 1.165) is 5.56 Å². The molecule has 0 saturated heterocycles. The SMILES string of the molecule is C.CO/C=C(\C(=O)OC)c1ccccc1O.CO/C=C1/C(=O)Oc2ccccc21. The van der Waals surface area contributed by atoms with Gasteiger partial charge in [-0.1, -0.05) is 43.8 Å². The summed E-state index contributed by atoms with van der Waals surface area (Å²) < 4.78 is 19.1. The smallest absolute Gasteiger partial charge is 0.347 e. The molecule has 2 aromatic carbocycles. The van der Waals surface area contributed by atoms with Crippen LogP contribution in [-0.2, 0) is 23.8 Å². The van der Waals surface area contributed by atoms with Gasteiger partial charge in [0.15, 0.2) is 0 Å². The van der Waals surface area contributed by atoms with Crippen LogP contribution in [0, 0.1) is 0 Å².